The van der Waals surface area contributed by atoms with Crippen molar-refractivity contribution in [2.75, 3.05) is 7.05 Å². The Balaban J connectivity index is 1.84. The summed E-state index contributed by atoms with van der Waals surface area (Å²) in [6, 6.07) is 0. The van der Waals surface area contributed by atoms with Crippen LogP contribution in [0, 0.1) is 35.0 Å². The summed E-state index contributed by atoms with van der Waals surface area (Å²) in [5.41, 5.74) is 1.08. The van der Waals surface area contributed by atoms with Gasteiger partial charge in [-0.15, -0.1) is 0 Å². The Hall–Kier alpha value is -0.0400. The molecular weight excluding hydrogens is 230 g/mol. The van der Waals surface area contributed by atoms with Gasteiger partial charge in [0.1, 0.15) is 0 Å². The minimum absolute atomic E-state index is 0.335. The number of hydrogen-bond donors (Lipinski definition) is 1. The maximum absolute atomic E-state index is 3.62. The van der Waals surface area contributed by atoms with Crippen LogP contribution in [0.2, 0.25) is 0 Å². The Morgan fingerprint density at radius 2 is 1.68 bits per heavy atom. The van der Waals surface area contributed by atoms with Gasteiger partial charge in [0.2, 0.25) is 0 Å². The highest BCUT2D eigenvalue weighted by Crippen LogP contribution is 2.65. The Labute approximate surface area is 119 Å². The van der Waals surface area contributed by atoms with E-state index >= 15 is 0 Å². The molecule has 0 radical (unpaired) electrons. The highest BCUT2D eigenvalue weighted by Gasteiger charge is 2.57. The van der Waals surface area contributed by atoms with Crippen molar-refractivity contribution < 1.29 is 0 Å². The molecule has 19 heavy (non-hydrogen) atoms. The first-order valence-corrected chi connectivity index (χ1v) is 8.54. The highest BCUT2D eigenvalue weighted by molar-refractivity contribution is 5.09. The molecular formula is C18H33N. The SMILES string of the molecule is CNC(C)(C)C1C2CC3CC1CC(CC(C)C)(C3)C2. The van der Waals surface area contributed by atoms with Crippen molar-refractivity contribution in [1.29, 1.82) is 0 Å². The normalized spacial score (nSPS) is 45.2. The molecule has 0 aromatic carbocycles. The number of nitrogens with one attached hydrogen (secondary N) is 1. The van der Waals surface area contributed by atoms with Gasteiger partial charge in [-0.1, -0.05) is 13.8 Å². The molecule has 0 aromatic heterocycles. The zero-order valence-corrected chi connectivity index (χ0v) is 13.6. The van der Waals surface area contributed by atoms with Gasteiger partial charge in [0.25, 0.3) is 0 Å². The molecule has 0 aromatic rings. The van der Waals surface area contributed by atoms with Crippen LogP contribution in [-0.4, -0.2) is 12.6 Å². The van der Waals surface area contributed by atoms with Crippen LogP contribution in [0.1, 0.15) is 66.2 Å². The molecule has 1 heteroatoms. The van der Waals surface area contributed by atoms with Gasteiger partial charge in [-0.2, -0.15) is 0 Å². The van der Waals surface area contributed by atoms with Crippen LogP contribution >= 0.6 is 0 Å². The predicted octanol–water partition coefficient (Wildman–Crippen LogP) is 4.47. The van der Waals surface area contributed by atoms with Gasteiger partial charge in [0.15, 0.2) is 0 Å². The molecule has 4 bridgehead atoms. The summed E-state index contributed by atoms with van der Waals surface area (Å²) in [5, 5.41) is 3.62. The van der Waals surface area contributed by atoms with Crippen molar-refractivity contribution in [3.63, 3.8) is 0 Å². The minimum atomic E-state index is 0.335. The molecule has 4 fully saturated rings. The molecule has 4 saturated carbocycles. The first-order chi connectivity index (χ1) is 8.85. The number of rotatable bonds is 4. The third kappa shape index (κ3) is 2.26. The molecule has 0 heterocycles. The van der Waals surface area contributed by atoms with Gasteiger partial charge in [-0.3, -0.25) is 0 Å². The molecule has 2 atom stereocenters. The van der Waals surface area contributed by atoms with E-state index in [4.69, 9.17) is 0 Å². The Morgan fingerprint density at radius 3 is 2.16 bits per heavy atom. The first-order valence-electron chi connectivity index (χ1n) is 8.54. The fourth-order valence-electron chi connectivity index (χ4n) is 6.65. The molecule has 2 unspecified atom stereocenters. The van der Waals surface area contributed by atoms with E-state index in [9.17, 15) is 0 Å². The van der Waals surface area contributed by atoms with Crippen molar-refractivity contribution in [3.05, 3.63) is 0 Å². The summed E-state index contributed by atoms with van der Waals surface area (Å²) in [6.07, 6.45) is 9.19. The summed E-state index contributed by atoms with van der Waals surface area (Å²) >= 11 is 0. The molecule has 0 spiro atoms. The maximum atomic E-state index is 3.62. The third-order valence-corrected chi connectivity index (χ3v) is 6.72. The quantitative estimate of drug-likeness (QED) is 0.789. The molecule has 110 valence electrons. The van der Waals surface area contributed by atoms with Crippen LogP contribution in [0.4, 0.5) is 0 Å². The molecule has 4 rings (SSSR count). The Bertz CT molecular complexity index is 324. The summed E-state index contributed by atoms with van der Waals surface area (Å²) in [7, 11) is 2.16. The van der Waals surface area contributed by atoms with E-state index in [0.29, 0.717) is 5.54 Å². The molecule has 1 N–H and O–H groups in total. The van der Waals surface area contributed by atoms with Gasteiger partial charge in [0.05, 0.1) is 0 Å². The predicted molar refractivity (Wildman–Crippen MR) is 82.1 cm³/mol. The van der Waals surface area contributed by atoms with Gasteiger partial charge >= 0.3 is 0 Å². The molecule has 4 aliphatic carbocycles. The monoisotopic (exact) mass is 263 g/mol. The Kier molecular flexibility index (Phi) is 3.28. The van der Waals surface area contributed by atoms with E-state index in [1.54, 1.807) is 6.42 Å². The largest absolute Gasteiger partial charge is 0.315 e. The fourth-order valence-corrected chi connectivity index (χ4v) is 6.65. The minimum Gasteiger partial charge on any atom is -0.315 e. The fraction of sp³-hybridized carbons (Fsp3) is 1.00. The van der Waals surface area contributed by atoms with Gasteiger partial charge < -0.3 is 5.32 Å². The second-order valence-electron chi connectivity index (χ2n) is 9.07. The van der Waals surface area contributed by atoms with E-state index < -0.39 is 0 Å². The van der Waals surface area contributed by atoms with Gasteiger partial charge in [0, 0.05) is 5.54 Å². The topological polar surface area (TPSA) is 12.0 Å². The first kappa shape index (κ1) is 13.9. The molecule has 0 amide bonds. The van der Waals surface area contributed by atoms with Crippen LogP contribution in [0.15, 0.2) is 0 Å². The second-order valence-corrected chi connectivity index (χ2v) is 9.07. The maximum Gasteiger partial charge on any atom is 0.0155 e. The lowest BCUT2D eigenvalue weighted by Gasteiger charge is -2.63. The average Bonchev–Trinajstić information content (AvgIpc) is 2.25. The summed E-state index contributed by atoms with van der Waals surface area (Å²) < 4.78 is 0. The standard InChI is InChI=1S/C18H33N/c1-12(2)8-18-9-13-6-14(10-18)16(15(7-13)11-18)17(3,4)19-5/h12-16,19H,6-11H2,1-5H3. The second kappa shape index (κ2) is 4.48. The Morgan fingerprint density at radius 1 is 1.11 bits per heavy atom. The van der Waals surface area contributed by atoms with Gasteiger partial charge in [-0.25, -0.2) is 0 Å². The average molecular weight is 263 g/mol. The zero-order chi connectivity index (χ0) is 13.8. The molecule has 1 nitrogen and oxygen atoms in total. The number of hydrogen-bond acceptors (Lipinski definition) is 1. The van der Waals surface area contributed by atoms with E-state index in [-0.39, 0.29) is 0 Å². The van der Waals surface area contributed by atoms with Crippen molar-refractivity contribution >= 4 is 0 Å². The van der Waals surface area contributed by atoms with Crippen LogP contribution in [0.3, 0.4) is 0 Å². The molecule has 0 aliphatic heterocycles. The van der Waals surface area contributed by atoms with Crippen molar-refractivity contribution in [3.8, 4) is 0 Å². The summed E-state index contributed by atoms with van der Waals surface area (Å²) in [5.74, 6) is 4.89. The summed E-state index contributed by atoms with van der Waals surface area (Å²) in [4.78, 5) is 0. The van der Waals surface area contributed by atoms with E-state index in [1.165, 1.54) is 32.1 Å². The van der Waals surface area contributed by atoms with Crippen LogP contribution in [-0.2, 0) is 0 Å². The van der Waals surface area contributed by atoms with Gasteiger partial charge in [-0.05, 0) is 94.4 Å². The lowest BCUT2D eigenvalue weighted by Crippen LogP contribution is -2.60. The van der Waals surface area contributed by atoms with Crippen LogP contribution in [0.25, 0.3) is 0 Å². The lowest BCUT2D eigenvalue weighted by molar-refractivity contribution is -0.125. The zero-order valence-electron chi connectivity index (χ0n) is 13.6. The van der Waals surface area contributed by atoms with Crippen molar-refractivity contribution in [2.24, 2.45) is 35.0 Å². The van der Waals surface area contributed by atoms with Crippen molar-refractivity contribution in [2.45, 2.75) is 71.8 Å². The molecule has 0 saturated heterocycles. The third-order valence-electron chi connectivity index (χ3n) is 6.72. The van der Waals surface area contributed by atoms with E-state index in [1.807, 2.05) is 0 Å². The highest BCUT2D eigenvalue weighted by atomic mass is 14.9. The lowest BCUT2D eigenvalue weighted by atomic mass is 9.43. The van der Waals surface area contributed by atoms with Crippen LogP contribution < -0.4 is 5.32 Å². The van der Waals surface area contributed by atoms with Crippen molar-refractivity contribution in [1.82, 2.24) is 5.32 Å². The van der Waals surface area contributed by atoms with Crippen LogP contribution in [0.5, 0.6) is 0 Å². The van der Waals surface area contributed by atoms with E-state index in [2.05, 4.69) is 40.1 Å². The molecule has 4 aliphatic rings. The summed E-state index contributed by atoms with van der Waals surface area (Å²) in [6.45, 7) is 9.73. The smallest absolute Gasteiger partial charge is 0.0155 e. The van der Waals surface area contributed by atoms with E-state index in [0.717, 1.165) is 35.0 Å².